The zero-order valence-corrected chi connectivity index (χ0v) is 13.7. The highest BCUT2D eigenvalue weighted by molar-refractivity contribution is 6.30. The Labute approximate surface area is 137 Å². The van der Waals surface area contributed by atoms with E-state index >= 15 is 0 Å². The smallest absolute Gasteiger partial charge is 0.449 e. The highest BCUT2D eigenvalue weighted by atomic mass is 35.5. The molecule has 1 aromatic carbocycles. The fourth-order valence-electron chi connectivity index (χ4n) is 2.63. The van der Waals surface area contributed by atoms with Gasteiger partial charge < -0.3 is 9.84 Å². The first-order valence-electron chi connectivity index (χ1n) is 7.89. The van der Waals surface area contributed by atoms with Gasteiger partial charge in [0.15, 0.2) is 0 Å². The molecule has 0 saturated heterocycles. The van der Waals surface area contributed by atoms with Gasteiger partial charge >= 0.3 is 6.16 Å². The minimum Gasteiger partial charge on any atom is -0.449 e. The van der Waals surface area contributed by atoms with E-state index in [9.17, 15) is 4.79 Å². The van der Waals surface area contributed by atoms with Crippen LogP contribution in [0.15, 0.2) is 36.9 Å². The Morgan fingerprint density at radius 3 is 2.45 bits per heavy atom. The minimum atomic E-state index is -1.33. The monoisotopic (exact) mass is 324 g/mol. The standard InChI is InChI=1S/C11H20.C7H5ClO3/c1-2-3-5-8-11-9-6-4-7-10-11;8-5-1-3-6(4-2-5)11-7(9)10/h2,11H,1,3-10H2;1-4H,(H,9,10). The molecular weight excluding hydrogens is 300 g/mol. The number of unbranched alkanes of at least 4 members (excludes halogenated alkanes) is 1. The zero-order valence-electron chi connectivity index (χ0n) is 13.0. The molecule has 122 valence electrons. The number of carbonyl (C=O) groups is 1. The van der Waals surface area contributed by atoms with Gasteiger partial charge in [0.25, 0.3) is 0 Å². The van der Waals surface area contributed by atoms with Crippen LogP contribution in [0.1, 0.15) is 51.4 Å². The number of hydrogen-bond donors (Lipinski definition) is 1. The van der Waals surface area contributed by atoms with Crippen LogP contribution in [0.25, 0.3) is 0 Å². The topological polar surface area (TPSA) is 46.5 Å². The van der Waals surface area contributed by atoms with Gasteiger partial charge in [0, 0.05) is 5.02 Å². The summed E-state index contributed by atoms with van der Waals surface area (Å²) >= 11 is 5.55. The molecule has 0 bridgehead atoms. The molecule has 2 rings (SSSR count). The first-order valence-corrected chi connectivity index (χ1v) is 8.27. The lowest BCUT2D eigenvalue weighted by Crippen LogP contribution is -2.05. The van der Waals surface area contributed by atoms with Crippen molar-refractivity contribution in [3.63, 3.8) is 0 Å². The molecule has 1 aromatic rings. The molecule has 1 N–H and O–H groups in total. The molecule has 22 heavy (non-hydrogen) atoms. The highest BCUT2D eigenvalue weighted by Gasteiger charge is 2.11. The summed E-state index contributed by atoms with van der Waals surface area (Å²) in [6.07, 6.45) is 12.2. The second kappa shape index (κ2) is 11.1. The first kappa shape index (κ1) is 18.6. The molecule has 0 spiro atoms. The molecule has 1 saturated carbocycles. The van der Waals surface area contributed by atoms with Crippen LogP contribution in [0.3, 0.4) is 0 Å². The summed E-state index contributed by atoms with van der Waals surface area (Å²) < 4.78 is 4.33. The maximum atomic E-state index is 10.00. The number of rotatable bonds is 5. The second-order valence-electron chi connectivity index (χ2n) is 5.55. The van der Waals surface area contributed by atoms with E-state index < -0.39 is 6.16 Å². The van der Waals surface area contributed by atoms with Crippen molar-refractivity contribution in [2.45, 2.75) is 51.4 Å². The van der Waals surface area contributed by atoms with Crippen molar-refractivity contribution in [2.75, 3.05) is 0 Å². The van der Waals surface area contributed by atoms with Crippen molar-refractivity contribution in [3.8, 4) is 5.75 Å². The Kier molecular flexibility index (Phi) is 9.40. The minimum absolute atomic E-state index is 0.266. The molecular formula is C18H25ClO3. The van der Waals surface area contributed by atoms with Crippen LogP contribution in [0.2, 0.25) is 5.02 Å². The summed E-state index contributed by atoms with van der Waals surface area (Å²) in [7, 11) is 0. The SMILES string of the molecule is C=CCCCC1CCCCC1.O=C(O)Oc1ccc(Cl)cc1. The van der Waals surface area contributed by atoms with Crippen LogP contribution < -0.4 is 4.74 Å². The molecule has 0 atom stereocenters. The van der Waals surface area contributed by atoms with E-state index in [1.807, 2.05) is 6.08 Å². The fraction of sp³-hybridized carbons (Fsp3) is 0.500. The molecule has 3 nitrogen and oxygen atoms in total. The number of benzene rings is 1. The third kappa shape index (κ3) is 8.73. The lowest BCUT2D eigenvalue weighted by Gasteiger charge is -2.20. The summed E-state index contributed by atoms with van der Waals surface area (Å²) in [5.41, 5.74) is 0. The Bertz CT molecular complexity index is 436. The summed E-state index contributed by atoms with van der Waals surface area (Å²) in [5, 5.41) is 8.73. The van der Waals surface area contributed by atoms with E-state index in [0.717, 1.165) is 5.92 Å². The van der Waals surface area contributed by atoms with Gasteiger partial charge in [0.05, 0.1) is 0 Å². The van der Waals surface area contributed by atoms with Gasteiger partial charge in [-0.25, -0.2) is 4.79 Å². The predicted octanol–water partition coefficient (Wildman–Crippen LogP) is 6.32. The molecule has 0 aliphatic heterocycles. The predicted molar refractivity (Wildman–Crippen MR) is 90.7 cm³/mol. The van der Waals surface area contributed by atoms with E-state index in [2.05, 4.69) is 11.3 Å². The molecule has 0 radical (unpaired) electrons. The Morgan fingerprint density at radius 2 is 1.91 bits per heavy atom. The largest absolute Gasteiger partial charge is 0.511 e. The quantitative estimate of drug-likeness (QED) is 0.298. The lowest BCUT2D eigenvalue weighted by atomic mass is 9.86. The normalized spacial score (nSPS) is 14.6. The summed E-state index contributed by atoms with van der Waals surface area (Å²) in [5.74, 6) is 1.32. The Morgan fingerprint density at radius 1 is 1.27 bits per heavy atom. The molecule has 1 aliphatic carbocycles. The molecule has 1 fully saturated rings. The summed E-state index contributed by atoms with van der Waals surface area (Å²) in [6, 6.07) is 6.08. The molecule has 1 aliphatic rings. The highest BCUT2D eigenvalue weighted by Crippen LogP contribution is 2.27. The van der Waals surface area contributed by atoms with Crippen molar-refractivity contribution < 1.29 is 14.6 Å². The van der Waals surface area contributed by atoms with E-state index in [1.54, 1.807) is 12.1 Å². The van der Waals surface area contributed by atoms with Crippen molar-refractivity contribution in [3.05, 3.63) is 41.9 Å². The Hall–Kier alpha value is -1.48. The fourth-order valence-corrected chi connectivity index (χ4v) is 2.76. The van der Waals surface area contributed by atoms with Gasteiger partial charge in [-0.15, -0.1) is 6.58 Å². The van der Waals surface area contributed by atoms with Gasteiger partial charge in [-0.2, -0.15) is 0 Å². The third-order valence-corrected chi connectivity index (χ3v) is 4.02. The average molecular weight is 325 g/mol. The Balaban J connectivity index is 0.000000220. The maximum absolute atomic E-state index is 10.00. The molecule has 4 heteroatoms. The number of carboxylic acid groups (broad SMARTS) is 1. The van der Waals surface area contributed by atoms with Crippen LogP contribution in [-0.2, 0) is 0 Å². The van der Waals surface area contributed by atoms with Gasteiger partial charge in [0.2, 0.25) is 0 Å². The van der Waals surface area contributed by atoms with E-state index in [0.29, 0.717) is 5.02 Å². The van der Waals surface area contributed by atoms with Gasteiger partial charge in [-0.1, -0.05) is 56.2 Å². The summed E-state index contributed by atoms with van der Waals surface area (Å²) in [6.45, 7) is 3.74. The molecule has 0 unspecified atom stereocenters. The lowest BCUT2D eigenvalue weighted by molar-refractivity contribution is 0.144. The summed E-state index contributed by atoms with van der Waals surface area (Å²) in [4.78, 5) is 10.00. The maximum Gasteiger partial charge on any atom is 0.511 e. The van der Waals surface area contributed by atoms with Crippen molar-refractivity contribution in [1.82, 2.24) is 0 Å². The molecule has 0 heterocycles. The number of ether oxygens (including phenoxy) is 1. The van der Waals surface area contributed by atoms with Crippen LogP contribution in [-0.4, -0.2) is 11.3 Å². The van der Waals surface area contributed by atoms with Crippen LogP contribution >= 0.6 is 11.6 Å². The van der Waals surface area contributed by atoms with Gasteiger partial charge in [-0.3, -0.25) is 0 Å². The van der Waals surface area contributed by atoms with Gasteiger partial charge in [-0.05, 0) is 43.0 Å². The van der Waals surface area contributed by atoms with Crippen LogP contribution in [0.4, 0.5) is 4.79 Å². The first-order chi connectivity index (χ1) is 10.6. The van der Waals surface area contributed by atoms with Crippen molar-refractivity contribution in [2.24, 2.45) is 5.92 Å². The molecule has 0 amide bonds. The van der Waals surface area contributed by atoms with Crippen molar-refractivity contribution >= 4 is 17.8 Å². The van der Waals surface area contributed by atoms with Gasteiger partial charge in [0.1, 0.15) is 5.75 Å². The van der Waals surface area contributed by atoms with Crippen LogP contribution in [0.5, 0.6) is 5.75 Å². The van der Waals surface area contributed by atoms with E-state index in [-0.39, 0.29) is 5.75 Å². The number of allylic oxidation sites excluding steroid dienone is 1. The third-order valence-electron chi connectivity index (χ3n) is 3.76. The number of halogens is 1. The number of hydrogen-bond acceptors (Lipinski definition) is 2. The van der Waals surface area contributed by atoms with E-state index in [1.165, 1.54) is 63.5 Å². The average Bonchev–Trinajstić information content (AvgIpc) is 2.51. The van der Waals surface area contributed by atoms with E-state index in [4.69, 9.17) is 16.7 Å². The zero-order chi connectivity index (χ0) is 16.2. The molecule has 0 aromatic heterocycles. The van der Waals surface area contributed by atoms with Crippen LogP contribution in [0, 0.1) is 5.92 Å². The second-order valence-corrected chi connectivity index (χ2v) is 5.98. The van der Waals surface area contributed by atoms with Crippen molar-refractivity contribution in [1.29, 1.82) is 0 Å².